The van der Waals surface area contributed by atoms with E-state index in [0.717, 1.165) is 22.4 Å². The minimum Gasteiger partial charge on any atom is -0.201 e. The maximum atomic E-state index is 8.63. The summed E-state index contributed by atoms with van der Waals surface area (Å²) in [6.45, 7) is 10.6. The van der Waals surface area contributed by atoms with E-state index < -0.39 is 20.8 Å². The predicted octanol–water partition coefficient (Wildman–Crippen LogP) is 4.46. The van der Waals surface area contributed by atoms with E-state index in [0.29, 0.717) is 5.56 Å². The molecule has 0 bridgehead atoms. The lowest BCUT2D eigenvalue weighted by Crippen LogP contribution is -2.47. The molecule has 22 heavy (non-hydrogen) atoms. The summed E-state index contributed by atoms with van der Waals surface area (Å²) in [6, 6.07) is 7.45. The molecule has 0 amide bonds. The van der Waals surface area contributed by atoms with E-state index in [4.69, 9.17) is 5.48 Å². The molecular weight excluding hydrogens is 282 g/mol. The highest BCUT2D eigenvalue weighted by Gasteiger charge is 2.27. The first-order valence-electron chi connectivity index (χ1n) is 9.78. The van der Waals surface area contributed by atoms with Crippen molar-refractivity contribution >= 4 is 13.3 Å². The van der Waals surface area contributed by atoms with Gasteiger partial charge in [-0.3, -0.25) is 0 Å². The Kier molecular flexibility index (Phi) is 3.29. The smallest absolute Gasteiger partial charge is 0.201 e. The van der Waals surface area contributed by atoms with E-state index in [1.807, 2.05) is 33.9 Å². The number of pyridine rings is 1. The number of benzene rings is 1. The summed E-state index contributed by atoms with van der Waals surface area (Å²) in [5.74, 6) is -0.689. The molecule has 2 aromatic rings. The maximum absolute atomic E-state index is 8.63. The van der Waals surface area contributed by atoms with E-state index in [-0.39, 0.29) is 0 Å². The SMILES string of the molecule is [2H]C([2H])([2H])c1ccc(-c2cc(C([2H])(C)C)c([Si](C)(C)C)c[n+]2C)c(C)c1. The molecule has 2 rings (SSSR count). The quantitative estimate of drug-likeness (QED) is 0.581. The molecule has 0 aliphatic rings. The molecule has 0 spiro atoms. The second kappa shape index (κ2) is 6.00. The third-order valence-electron chi connectivity index (χ3n) is 4.12. The molecule has 0 fully saturated rings. The molecule has 118 valence electrons. The maximum Gasteiger partial charge on any atom is 0.212 e. The number of aryl methyl sites for hydroxylation is 3. The van der Waals surface area contributed by atoms with Crippen LogP contribution in [0.2, 0.25) is 19.6 Å². The number of rotatable bonds is 3. The fraction of sp³-hybridized carbons (Fsp3) is 0.450. The molecule has 0 saturated carbocycles. The Morgan fingerprint density at radius 3 is 2.36 bits per heavy atom. The molecule has 1 aromatic heterocycles. The van der Waals surface area contributed by atoms with E-state index >= 15 is 0 Å². The fourth-order valence-corrected chi connectivity index (χ4v) is 4.59. The summed E-state index contributed by atoms with van der Waals surface area (Å²) in [5, 5.41) is 1.29. The van der Waals surface area contributed by atoms with Gasteiger partial charge in [0.15, 0.2) is 6.20 Å². The lowest BCUT2D eigenvalue weighted by Gasteiger charge is -2.22. The molecule has 0 aliphatic carbocycles. The summed E-state index contributed by atoms with van der Waals surface area (Å²) in [6.07, 6.45) is 2.17. The zero-order chi connectivity index (χ0) is 20.1. The van der Waals surface area contributed by atoms with E-state index in [1.54, 1.807) is 12.1 Å². The van der Waals surface area contributed by atoms with Crippen molar-refractivity contribution in [1.82, 2.24) is 0 Å². The highest BCUT2D eigenvalue weighted by Crippen LogP contribution is 2.25. The average Bonchev–Trinajstić information content (AvgIpc) is 2.44. The Morgan fingerprint density at radius 1 is 1.18 bits per heavy atom. The van der Waals surface area contributed by atoms with E-state index in [2.05, 4.69) is 36.5 Å². The minimum atomic E-state index is -2.10. The highest BCUT2D eigenvalue weighted by atomic mass is 28.3. The summed E-state index contributed by atoms with van der Waals surface area (Å²) in [4.78, 5) is 0. The Hall–Kier alpha value is -1.41. The van der Waals surface area contributed by atoms with Gasteiger partial charge in [-0.1, -0.05) is 51.2 Å². The Labute approximate surface area is 142 Å². The predicted molar refractivity (Wildman–Crippen MR) is 99.6 cm³/mol. The molecule has 0 radical (unpaired) electrons. The van der Waals surface area contributed by atoms with Gasteiger partial charge in [0.2, 0.25) is 5.69 Å². The molecule has 0 atom stereocenters. The van der Waals surface area contributed by atoms with Crippen molar-refractivity contribution in [1.29, 1.82) is 0 Å². The van der Waals surface area contributed by atoms with Crippen molar-refractivity contribution in [2.75, 3.05) is 0 Å². The number of nitrogens with zero attached hydrogens (tertiary/aromatic N) is 1. The largest absolute Gasteiger partial charge is 0.212 e. The monoisotopic (exact) mass is 316 g/mol. The van der Waals surface area contributed by atoms with Gasteiger partial charge in [-0.15, -0.1) is 0 Å². The van der Waals surface area contributed by atoms with Crippen molar-refractivity contribution in [3.05, 3.63) is 47.2 Å². The third-order valence-corrected chi connectivity index (χ3v) is 6.14. The van der Waals surface area contributed by atoms with Gasteiger partial charge in [-0.25, -0.2) is 4.57 Å². The second-order valence-electron chi connectivity index (χ2n) is 7.38. The first-order chi connectivity index (χ1) is 11.6. The molecule has 1 heterocycles. The number of hydrogen-bond donors (Lipinski definition) is 0. The van der Waals surface area contributed by atoms with Crippen molar-refractivity contribution in [2.24, 2.45) is 7.05 Å². The summed E-state index contributed by atoms with van der Waals surface area (Å²) >= 11 is 0. The molecule has 0 N–H and O–H groups in total. The standard InChI is InChI=1S/C20H30NSi/c1-14(2)18-12-19(17-10-9-15(3)11-16(17)4)21(5)13-20(18)22(6,7)8/h9-14H,1-8H3/q+1/i3D3,14D. The van der Waals surface area contributed by atoms with Gasteiger partial charge in [0.05, 0.1) is 8.07 Å². The zero-order valence-corrected chi connectivity index (χ0v) is 15.8. The van der Waals surface area contributed by atoms with Crippen LogP contribution in [0.25, 0.3) is 11.3 Å². The van der Waals surface area contributed by atoms with Crippen LogP contribution < -0.4 is 9.75 Å². The Bertz CT molecular complexity index is 827. The Morgan fingerprint density at radius 2 is 1.86 bits per heavy atom. The van der Waals surface area contributed by atoms with Crippen molar-refractivity contribution in [3.8, 4) is 11.3 Å². The molecule has 2 heteroatoms. The molecule has 1 nitrogen and oxygen atoms in total. The minimum absolute atomic E-state index is 0.362. The van der Waals surface area contributed by atoms with Gasteiger partial charge in [0.1, 0.15) is 7.05 Å². The van der Waals surface area contributed by atoms with Gasteiger partial charge >= 0.3 is 0 Å². The Balaban J connectivity index is 2.72. The second-order valence-corrected chi connectivity index (χ2v) is 12.4. The van der Waals surface area contributed by atoms with Crippen molar-refractivity contribution in [3.63, 3.8) is 0 Å². The summed E-state index contributed by atoms with van der Waals surface area (Å²) < 4.78 is 33.6. The van der Waals surface area contributed by atoms with Crippen LogP contribution in [0.3, 0.4) is 0 Å². The first-order valence-corrected chi connectivity index (χ1v) is 11.3. The lowest BCUT2D eigenvalue weighted by atomic mass is 9.98. The molecule has 1 aromatic carbocycles. The van der Waals surface area contributed by atoms with Gasteiger partial charge in [-0.2, -0.15) is 0 Å². The first kappa shape index (κ1) is 12.1. The molecule has 0 saturated heterocycles. The molecule has 0 unspecified atom stereocenters. The highest BCUT2D eigenvalue weighted by molar-refractivity contribution is 6.89. The fourth-order valence-electron chi connectivity index (χ4n) is 2.88. The number of aromatic nitrogens is 1. The van der Waals surface area contributed by atoms with Crippen LogP contribution in [-0.2, 0) is 7.05 Å². The van der Waals surface area contributed by atoms with Gasteiger partial charge in [0, 0.05) is 22.3 Å². The molecule has 0 aliphatic heterocycles. The van der Waals surface area contributed by atoms with Crippen LogP contribution in [0.4, 0.5) is 0 Å². The van der Waals surface area contributed by atoms with Crippen LogP contribution in [0.5, 0.6) is 0 Å². The van der Waals surface area contributed by atoms with Crippen LogP contribution in [0.1, 0.15) is 41.9 Å². The van der Waals surface area contributed by atoms with Crippen LogP contribution in [-0.4, -0.2) is 8.07 Å². The van der Waals surface area contributed by atoms with E-state index in [1.165, 1.54) is 5.19 Å². The van der Waals surface area contributed by atoms with Gasteiger partial charge in [0.25, 0.3) is 0 Å². The van der Waals surface area contributed by atoms with Crippen LogP contribution >= 0.6 is 0 Å². The van der Waals surface area contributed by atoms with Gasteiger partial charge < -0.3 is 0 Å². The molecular formula is C20H30NSi+. The van der Waals surface area contributed by atoms with Crippen LogP contribution in [0.15, 0.2) is 30.5 Å². The summed E-state index contributed by atoms with van der Waals surface area (Å²) in [5.41, 5.74) is 4.37. The zero-order valence-electron chi connectivity index (χ0n) is 18.8. The van der Waals surface area contributed by atoms with Crippen molar-refractivity contribution < 1.29 is 10.1 Å². The van der Waals surface area contributed by atoms with Crippen LogP contribution in [0, 0.1) is 13.8 Å². The van der Waals surface area contributed by atoms with E-state index in [9.17, 15) is 0 Å². The van der Waals surface area contributed by atoms with Crippen molar-refractivity contribution in [2.45, 2.75) is 53.2 Å². The topological polar surface area (TPSA) is 3.88 Å². The lowest BCUT2D eigenvalue weighted by molar-refractivity contribution is -0.659. The average molecular weight is 317 g/mol. The van der Waals surface area contributed by atoms with Gasteiger partial charge in [-0.05, 0) is 36.9 Å². The third kappa shape index (κ3) is 3.32. The number of hydrogen-bond acceptors (Lipinski definition) is 0. The summed E-state index contributed by atoms with van der Waals surface area (Å²) in [7, 11) is 0.419. The normalized spacial score (nSPS) is 15.8.